The fourth-order valence-electron chi connectivity index (χ4n) is 1.36. The zero-order chi connectivity index (χ0) is 12.9. The summed E-state index contributed by atoms with van der Waals surface area (Å²) in [4.78, 5) is 3.85. The van der Waals surface area contributed by atoms with E-state index in [9.17, 15) is 8.42 Å². The molecule has 0 aliphatic rings. The van der Waals surface area contributed by atoms with Crippen LogP contribution in [0.4, 0.5) is 0 Å². The summed E-state index contributed by atoms with van der Waals surface area (Å²) >= 11 is 4.74. The van der Waals surface area contributed by atoms with Gasteiger partial charge in [0.05, 0.1) is 4.99 Å². The van der Waals surface area contributed by atoms with Gasteiger partial charge >= 0.3 is 0 Å². The van der Waals surface area contributed by atoms with Crippen molar-refractivity contribution in [2.75, 3.05) is 0 Å². The SMILES string of the molecule is CCC(C(N)=S)S(=O)(=O)NCc1ccncc1. The Morgan fingerprint density at radius 1 is 1.53 bits per heavy atom. The van der Waals surface area contributed by atoms with Crippen molar-refractivity contribution in [2.45, 2.75) is 25.1 Å². The molecule has 5 nitrogen and oxygen atoms in total. The first kappa shape index (κ1) is 14.0. The van der Waals surface area contributed by atoms with E-state index in [1.54, 1.807) is 31.5 Å². The molecule has 0 spiro atoms. The molecule has 0 amide bonds. The summed E-state index contributed by atoms with van der Waals surface area (Å²) < 4.78 is 26.2. The van der Waals surface area contributed by atoms with Gasteiger partial charge in [0.2, 0.25) is 10.0 Å². The number of nitrogens with two attached hydrogens (primary N) is 1. The highest BCUT2D eigenvalue weighted by molar-refractivity contribution is 7.93. The molecule has 1 aromatic rings. The fourth-order valence-corrected chi connectivity index (χ4v) is 3.22. The minimum Gasteiger partial charge on any atom is -0.392 e. The molecule has 0 aliphatic carbocycles. The van der Waals surface area contributed by atoms with Crippen molar-refractivity contribution in [2.24, 2.45) is 5.73 Å². The number of nitrogens with zero attached hydrogens (tertiary/aromatic N) is 1. The van der Waals surface area contributed by atoms with E-state index in [4.69, 9.17) is 18.0 Å². The first-order valence-electron chi connectivity index (χ1n) is 5.14. The lowest BCUT2D eigenvalue weighted by Gasteiger charge is -2.15. The maximum atomic E-state index is 11.9. The van der Waals surface area contributed by atoms with Crippen LogP contribution in [0.2, 0.25) is 0 Å². The molecule has 0 aliphatic heterocycles. The summed E-state index contributed by atoms with van der Waals surface area (Å²) in [5, 5.41) is -0.820. The Hall–Kier alpha value is -1.05. The minimum absolute atomic E-state index is 0.00488. The standard InChI is InChI=1S/C10H15N3O2S2/c1-2-9(10(11)16)17(14,15)13-7-8-3-5-12-6-4-8/h3-6,9,13H,2,7H2,1H3,(H2,11,16). The molecule has 94 valence electrons. The number of nitrogens with one attached hydrogen (secondary N) is 1. The van der Waals surface area contributed by atoms with Crippen molar-refractivity contribution in [1.82, 2.24) is 9.71 Å². The lowest BCUT2D eigenvalue weighted by molar-refractivity contribution is 0.574. The highest BCUT2D eigenvalue weighted by atomic mass is 32.2. The zero-order valence-electron chi connectivity index (χ0n) is 9.46. The Bertz CT molecular complexity index is 474. The van der Waals surface area contributed by atoms with Gasteiger partial charge in [-0.15, -0.1) is 0 Å². The third-order valence-corrected chi connectivity index (χ3v) is 4.61. The van der Waals surface area contributed by atoms with Crippen LogP contribution in [0.15, 0.2) is 24.5 Å². The summed E-state index contributed by atoms with van der Waals surface area (Å²) in [6.45, 7) is 1.94. The molecule has 1 unspecified atom stereocenters. The van der Waals surface area contributed by atoms with Crippen LogP contribution in [0.5, 0.6) is 0 Å². The van der Waals surface area contributed by atoms with Crippen LogP contribution in [0.25, 0.3) is 0 Å². The van der Waals surface area contributed by atoms with Crippen LogP contribution >= 0.6 is 12.2 Å². The van der Waals surface area contributed by atoms with Gasteiger partial charge in [-0.1, -0.05) is 19.1 Å². The zero-order valence-corrected chi connectivity index (χ0v) is 11.1. The molecule has 0 radical (unpaired) electrons. The molecular weight excluding hydrogens is 258 g/mol. The van der Waals surface area contributed by atoms with Gasteiger partial charge in [0.15, 0.2) is 0 Å². The molecule has 0 aromatic carbocycles. The molecule has 0 saturated heterocycles. The van der Waals surface area contributed by atoms with E-state index < -0.39 is 15.3 Å². The van der Waals surface area contributed by atoms with E-state index in [0.717, 1.165) is 5.56 Å². The van der Waals surface area contributed by atoms with Gasteiger partial charge < -0.3 is 5.73 Å². The molecule has 0 fully saturated rings. The maximum Gasteiger partial charge on any atom is 0.221 e. The van der Waals surface area contributed by atoms with Gasteiger partial charge in [0.25, 0.3) is 0 Å². The second-order valence-corrected chi connectivity index (χ2v) is 5.94. The minimum atomic E-state index is -3.51. The molecule has 1 rings (SSSR count). The molecule has 1 aromatic heterocycles. The molecule has 17 heavy (non-hydrogen) atoms. The van der Waals surface area contributed by atoms with Gasteiger partial charge in [-0.05, 0) is 24.1 Å². The first-order valence-corrected chi connectivity index (χ1v) is 7.09. The van der Waals surface area contributed by atoms with Gasteiger partial charge in [0, 0.05) is 18.9 Å². The van der Waals surface area contributed by atoms with Gasteiger partial charge in [0.1, 0.15) is 5.25 Å². The predicted molar refractivity (Wildman–Crippen MR) is 70.9 cm³/mol. The molecule has 0 bridgehead atoms. The molecule has 1 heterocycles. The van der Waals surface area contributed by atoms with Crippen LogP contribution < -0.4 is 10.5 Å². The lowest BCUT2D eigenvalue weighted by Crippen LogP contribution is -2.41. The van der Waals surface area contributed by atoms with E-state index in [0.29, 0.717) is 6.42 Å². The summed E-state index contributed by atoms with van der Waals surface area (Å²) in [6.07, 6.45) is 3.57. The van der Waals surface area contributed by atoms with Crippen LogP contribution in [0.3, 0.4) is 0 Å². The summed E-state index contributed by atoms with van der Waals surface area (Å²) in [5.74, 6) is 0. The topological polar surface area (TPSA) is 85.1 Å². The van der Waals surface area contributed by atoms with Crippen molar-refractivity contribution >= 4 is 27.2 Å². The van der Waals surface area contributed by atoms with E-state index in [1.165, 1.54) is 0 Å². The normalized spacial score (nSPS) is 13.2. The number of aromatic nitrogens is 1. The third-order valence-electron chi connectivity index (χ3n) is 2.29. The van der Waals surface area contributed by atoms with Gasteiger partial charge in [-0.25, -0.2) is 13.1 Å². The number of sulfonamides is 1. The van der Waals surface area contributed by atoms with Crippen LogP contribution in [-0.2, 0) is 16.6 Å². The highest BCUT2D eigenvalue weighted by Crippen LogP contribution is 2.06. The number of hydrogen-bond donors (Lipinski definition) is 2. The number of thiocarbonyl (C=S) groups is 1. The van der Waals surface area contributed by atoms with Crippen molar-refractivity contribution in [1.29, 1.82) is 0 Å². The van der Waals surface area contributed by atoms with Crippen molar-refractivity contribution in [3.8, 4) is 0 Å². The highest BCUT2D eigenvalue weighted by Gasteiger charge is 2.25. The summed E-state index contributed by atoms with van der Waals surface area (Å²) in [6, 6.07) is 3.48. The summed E-state index contributed by atoms with van der Waals surface area (Å²) in [7, 11) is -3.51. The Kier molecular flexibility index (Phi) is 4.98. The van der Waals surface area contributed by atoms with Crippen LogP contribution in [0.1, 0.15) is 18.9 Å². The average Bonchev–Trinajstić information content (AvgIpc) is 2.28. The van der Waals surface area contributed by atoms with Crippen LogP contribution in [-0.4, -0.2) is 23.6 Å². The largest absolute Gasteiger partial charge is 0.392 e. The maximum absolute atomic E-state index is 11.9. The van der Waals surface area contributed by atoms with E-state index in [-0.39, 0.29) is 11.5 Å². The number of pyridine rings is 1. The van der Waals surface area contributed by atoms with E-state index in [1.807, 2.05) is 0 Å². The van der Waals surface area contributed by atoms with E-state index in [2.05, 4.69) is 9.71 Å². The average molecular weight is 273 g/mol. The Morgan fingerprint density at radius 3 is 2.59 bits per heavy atom. The second kappa shape index (κ2) is 6.04. The fraction of sp³-hybridized carbons (Fsp3) is 0.400. The van der Waals surface area contributed by atoms with Crippen molar-refractivity contribution in [3.63, 3.8) is 0 Å². The third kappa shape index (κ3) is 4.03. The van der Waals surface area contributed by atoms with Gasteiger partial charge in [-0.2, -0.15) is 0 Å². The molecule has 0 saturated carbocycles. The predicted octanol–water partition coefficient (Wildman–Crippen LogP) is 0.566. The quantitative estimate of drug-likeness (QED) is 0.740. The molecular formula is C10H15N3O2S2. The first-order chi connectivity index (χ1) is 7.97. The summed E-state index contributed by atoms with van der Waals surface area (Å²) in [5.41, 5.74) is 6.24. The molecule has 3 N–H and O–H groups in total. The number of hydrogen-bond acceptors (Lipinski definition) is 4. The molecule has 1 atom stereocenters. The number of rotatable bonds is 6. The second-order valence-electron chi connectivity index (χ2n) is 3.52. The smallest absolute Gasteiger partial charge is 0.221 e. The van der Waals surface area contributed by atoms with E-state index >= 15 is 0 Å². The van der Waals surface area contributed by atoms with Gasteiger partial charge in [-0.3, -0.25) is 4.98 Å². The van der Waals surface area contributed by atoms with Crippen molar-refractivity contribution in [3.05, 3.63) is 30.1 Å². The Labute approximate surface area is 106 Å². The van der Waals surface area contributed by atoms with Crippen LogP contribution in [0, 0.1) is 0 Å². The monoisotopic (exact) mass is 273 g/mol. The Balaban J connectivity index is 2.71. The molecule has 7 heteroatoms. The lowest BCUT2D eigenvalue weighted by atomic mass is 10.3. The Morgan fingerprint density at radius 2 is 2.12 bits per heavy atom. The van der Waals surface area contributed by atoms with Crippen molar-refractivity contribution < 1.29 is 8.42 Å².